The third-order valence-corrected chi connectivity index (χ3v) is 10.8. The van der Waals surface area contributed by atoms with Crippen molar-refractivity contribution in [3.8, 4) is 0 Å². The van der Waals surface area contributed by atoms with Crippen molar-refractivity contribution in [2.24, 2.45) is 5.92 Å². The Morgan fingerprint density at radius 3 is 2.05 bits per heavy atom. The highest BCUT2D eigenvalue weighted by Crippen LogP contribution is 2.42. The molecule has 4 nitrogen and oxygen atoms in total. The highest BCUT2D eigenvalue weighted by atomic mass is 28.4. The second kappa shape index (κ2) is 7.05. The molecule has 0 radical (unpaired) electrons. The van der Waals surface area contributed by atoms with Gasteiger partial charge in [0.15, 0.2) is 8.32 Å². The molecule has 1 rings (SSSR count). The number of hydrogen-bond acceptors (Lipinski definition) is 3. The molecule has 1 heterocycles. The van der Waals surface area contributed by atoms with Gasteiger partial charge in [0.05, 0.1) is 12.7 Å². The maximum atomic E-state index is 11.2. The molecule has 0 aromatic rings. The molecule has 118 valence electrons. The Kier molecular flexibility index (Phi) is 6.22. The summed E-state index contributed by atoms with van der Waals surface area (Å²) >= 11 is 0. The van der Waals surface area contributed by atoms with E-state index in [-0.39, 0.29) is 11.8 Å². The van der Waals surface area contributed by atoms with E-state index >= 15 is 0 Å². The molecule has 1 saturated heterocycles. The molecular formula is C15H31NO3Si. The third kappa shape index (κ3) is 3.62. The Morgan fingerprint density at radius 1 is 1.20 bits per heavy atom. The monoisotopic (exact) mass is 301 g/mol. The molecule has 2 atom stereocenters. The topological polar surface area (TPSA) is 58.6 Å². The summed E-state index contributed by atoms with van der Waals surface area (Å²) < 4.78 is 6.37. The maximum absolute atomic E-state index is 11.2. The number of hydrogen-bond donors (Lipinski definition) is 2. The Bertz CT molecular complexity index is 309. The summed E-state index contributed by atoms with van der Waals surface area (Å²) in [5.74, 6) is 0.0369. The van der Waals surface area contributed by atoms with Gasteiger partial charge in [-0.3, -0.25) is 4.79 Å². The number of amides is 1. The average molecular weight is 302 g/mol. The molecular weight excluding hydrogens is 270 g/mol. The smallest absolute Gasteiger partial charge is 0.220 e. The maximum Gasteiger partial charge on any atom is 0.220 e. The van der Waals surface area contributed by atoms with Gasteiger partial charge in [0.2, 0.25) is 5.91 Å². The number of aliphatic hydroxyl groups excluding tert-OH is 1. The minimum Gasteiger partial charge on any atom is -0.413 e. The zero-order valence-corrected chi connectivity index (χ0v) is 14.8. The van der Waals surface area contributed by atoms with Gasteiger partial charge in [0.25, 0.3) is 0 Å². The average Bonchev–Trinajstić information content (AvgIpc) is 2.75. The summed E-state index contributed by atoms with van der Waals surface area (Å²) in [6.07, 6.45) is -0.124. The number of nitrogens with one attached hydrogen (secondary N) is 1. The molecule has 5 heteroatoms. The van der Waals surface area contributed by atoms with Gasteiger partial charge >= 0.3 is 0 Å². The fourth-order valence-electron chi connectivity index (χ4n) is 3.77. The van der Waals surface area contributed by atoms with Gasteiger partial charge in [0, 0.05) is 18.9 Å². The fourth-order valence-corrected chi connectivity index (χ4v) is 9.22. The summed E-state index contributed by atoms with van der Waals surface area (Å²) in [6.45, 7) is 14.3. The van der Waals surface area contributed by atoms with Crippen molar-refractivity contribution in [3.05, 3.63) is 0 Å². The number of carbonyl (C=O) groups excluding carboxylic acids is 1. The second-order valence-electron chi connectivity index (χ2n) is 6.96. The van der Waals surface area contributed by atoms with E-state index in [2.05, 4.69) is 46.9 Å². The predicted octanol–water partition coefficient (Wildman–Crippen LogP) is 2.68. The molecule has 0 unspecified atom stereocenters. The van der Waals surface area contributed by atoms with Gasteiger partial charge in [-0.1, -0.05) is 41.5 Å². The number of rotatable bonds is 7. The Labute approximate surface area is 124 Å². The largest absolute Gasteiger partial charge is 0.413 e. The van der Waals surface area contributed by atoms with E-state index < -0.39 is 14.4 Å². The lowest BCUT2D eigenvalue weighted by Crippen LogP contribution is -2.49. The zero-order valence-electron chi connectivity index (χ0n) is 13.8. The fraction of sp³-hybridized carbons (Fsp3) is 0.933. The Balaban J connectivity index is 2.69. The molecule has 0 aromatic heterocycles. The van der Waals surface area contributed by atoms with Crippen molar-refractivity contribution < 1.29 is 14.3 Å². The van der Waals surface area contributed by atoms with Crippen molar-refractivity contribution >= 4 is 14.2 Å². The number of carbonyl (C=O) groups is 1. The molecule has 1 amide bonds. The van der Waals surface area contributed by atoms with E-state index in [0.29, 0.717) is 36.2 Å². The summed E-state index contributed by atoms with van der Waals surface area (Å²) in [7, 11) is -1.92. The van der Waals surface area contributed by atoms with Crippen LogP contribution in [0.25, 0.3) is 0 Å². The molecule has 0 spiro atoms. The van der Waals surface area contributed by atoms with E-state index in [1.807, 2.05) is 0 Å². The SMILES string of the molecule is CC(C)[Si](OC[C@@H](O)[C@H]1CNC(=O)C1)(C(C)C)C(C)C. The van der Waals surface area contributed by atoms with Crippen molar-refractivity contribution in [2.75, 3.05) is 13.2 Å². The van der Waals surface area contributed by atoms with E-state index in [0.717, 1.165) is 0 Å². The minimum absolute atomic E-state index is 0.000636. The summed E-state index contributed by atoms with van der Waals surface area (Å²) in [4.78, 5) is 11.2. The normalized spacial score (nSPS) is 21.9. The quantitative estimate of drug-likeness (QED) is 0.711. The van der Waals surface area contributed by atoms with E-state index in [9.17, 15) is 9.90 Å². The molecule has 1 aliphatic rings. The van der Waals surface area contributed by atoms with Crippen LogP contribution in [0.15, 0.2) is 0 Å². The van der Waals surface area contributed by atoms with E-state index in [1.54, 1.807) is 0 Å². The van der Waals surface area contributed by atoms with E-state index in [4.69, 9.17) is 4.43 Å². The molecule has 1 fully saturated rings. The van der Waals surface area contributed by atoms with Gasteiger partial charge in [-0.05, 0) is 16.6 Å². The standard InChI is InChI=1S/C15H31NO3Si/c1-10(2)20(11(3)4,12(5)6)19-9-14(17)13-7-15(18)16-8-13/h10-14,17H,7-9H2,1-6H3,(H,16,18)/t13-,14-/m1/s1. The van der Waals surface area contributed by atoms with Gasteiger partial charge in [0.1, 0.15) is 0 Å². The third-order valence-electron chi connectivity index (χ3n) is 4.76. The van der Waals surface area contributed by atoms with Crippen molar-refractivity contribution in [1.29, 1.82) is 0 Å². The van der Waals surface area contributed by atoms with Gasteiger partial charge in [-0.15, -0.1) is 0 Å². The van der Waals surface area contributed by atoms with Crippen LogP contribution >= 0.6 is 0 Å². The van der Waals surface area contributed by atoms with Crippen LogP contribution in [-0.2, 0) is 9.22 Å². The van der Waals surface area contributed by atoms with Crippen LogP contribution < -0.4 is 5.32 Å². The molecule has 0 saturated carbocycles. The second-order valence-corrected chi connectivity index (χ2v) is 12.4. The molecule has 0 aliphatic carbocycles. The van der Waals surface area contributed by atoms with Crippen LogP contribution in [0, 0.1) is 5.92 Å². The Morgan fingerprint density at radius 2 is 1.70 bits per heavy atom. The summed E-state index contributed by atoms with van der Waals surface area (Å²) in [5.41, 5.74) is 1.54. The van der Waals surface area contributed by atoms with Crippen LogP contribution in [0.3, 0.4) is 0 Å². The van der Waals surface area contributed by atoms with Crippen LogP contribution in [0.4, 0.5) is 0 Å². The highest BCUT2D eigenvalue weighted by Gasteiger charge is 2.45. The summed E-state index contributed by atoms with van der Waals surface area (Å²) in [6, 6.07) is 0. The summed E-state index contributed by atoms with van der Waals surface area (Å²) in [5, 5.41) is 13.1. The lowest BCUT2D eigenvalue weighted by atomic mass is 10.0. The molecule has 20 heavy (non-hydrogen) atoms. The minimum atomic E-state index is -1.92. The highest BCUT2D eigenvalue weighted by molar-refractivity contribution is 6.77. The van der Waals surface area contributed by atoms with Crippen LogP contribution in [-0.4, -0.2) is 38.6 Å². The number of aliphatic hydroxyl groups is 1. The van der Waals surface area contributed by atoms with Crippen LogP contribution in [0.1, 0.15) is 48.0 Å². The van der Waals surface area contributed by atoms with Crippen molar-refractivity contribution in [1.82, 2.24) is 5.32 Å². The van der Waals surface area contributed by atoms with Crippen molar-refractivity contribution in [2.45, 2.75) is 70.7 Å². The van der Waals surface area contributed by atoms with Gasteiger partial charge < -0.3 is 14.8 Å². The molecule has 2 N–H and O–H groups in total. The first-order valence-corrected chi connectivity index (χ1v) is 9.94. The lowest BCUT2D eigenvalue weighted by molar-refractivity contribution is -0.119. The molecule has 0 aromatic carbocycles. The van der Waals surface area contributed by atoms with Crippen LogP contribution in [0.5, 0.6) is 0 Å². The Hall–Kier alpha value is -0.393. The first kappa shape index (κ1) is 17.7. The van der Waals surface area contributed by atoms with Crippen LogP contribution in [0.2, 0.25) is 16.6 Å². The molecule has 0 bridgehead atoms. The van der Waals surface area contributed by atoms with E-state index in [1.165, 1.54) is 0 Å². The lowest BCUT2D eigenvalue weighted by Gasteiger charge is -2.42. The predicted molar refractivity (Wildman–Crippen MR) is 84.1 cm³/mol. The van der Waals surface area contributed by atoms with Gasteiger partial charge in [-0.2, -0.15) is 0 Å². The zero-order chi connectivity index (χ0) is 15.5. The van der Waals surface area contributed by atoms with Crippen molar-refractivity contribution in [3.63, 3.8) is 0 Å². The molecule has 1 aliphatic heterocycles. The first-order chi connectivity index (χ1) is 9.21. The first-order valence-electron chi connectivity index (χ1n) is 7.80. The van der Waals surface area contributed by atoms with Gasteiger partial charge in [-0.25, -0.2) is 0 Å².